The van der Waals surface area contributed by atoms with Crippen molar-refractivity contribution in [3.63, 3.8) is 0 Å². The monoisotopic (exact) mass is 361 g/mol. The summed E-state index contributed by atoms with van der Waals surface area (Å²) in [6.07, 6.45) is 0.529. The van der Waals surface area contributed by atoms with Crippen LogP contribution in [0.1, 0.15) is 31.1 Å². The summed E-state index contributed by atoms with van der Waals surface area (Å²) in [6.45, 7) is 5.30. The van der Waals surface area contributed by atoms with Crippen LogP contribution in [-0.2, 0) is 10.0 Å². The van der Waals surface area contributed by atoms with Gasteiger partial charge < -0.3 is 4.74 Å². The highest BCUT2D eigenvalue weighted by atomic mass is 32.2. The van der Waals surface area contributed by atoms with E-state index < -0.39 is 15.3 Å². The summed E-state index contributed by atoms with van der Waals surface area (Å²) in [5.74, 6) is 0.671. The number of ether oxygens (including phenoxy) is 1. The highest BCUT2D eigenvalue weighted by molar-refractivity contribution is 7.90. The van der Waals surface area contributed by atoms with E-state index in [0.29, 0.717) is 11.3 Å². The molecule has 2 aromatic carbocycles. The van der Waals surface area contributed by atoms with E-state index in [1.807, 2.05) is 43.3 Å². The number of carbonyl (C=O) groups is 1. The third-order valence-corrected chi connectivity index (χ3v) is 5.57. The fourth-order valence-electron chi connectivity index (χ4n) is 2.15. The molecule has 0 aliphatic carbocycles. The van der Waals surface area contributed by atoms with Gasteiger partial charge in [-0.25, -0.2) is 13.1 Å². The van der Waals surface area contributed by atoms with Crippen LogP contribution in [0.4, 0.5) is 0 Å². The van der Waals surface area contributed by atoms with E-state index >= 15 is 0 Å². The molecule has 0 bridgehead atoms. The van der Waals surface area contributed by atoms with Crippen molar-refractivity contribution in [1.82, 2.24) is 4.72 Å². The first-order chi connectivity index (χ1) is 11.8. The Morgan fingerprint density at radius 3 is 1.96 bits per heavy atom. The van der Waals surface area contributed by atoms with E-state index in [9.17, 15) is 13.2 Å². The Labute approximate surface area is 149 Å². The van der Waals surface area contributed by atoms with Crippen molar-refractivity contribution >= 4 is 16.3 Å². The topological polar surface area (TPSA) is 72.5 Å². The van der Waals surface area contributed by atoms with Crippen molar-refractivity contribution in [2.24, 2.45) is 0 Å². The molecule has 1 atom stereocenters. The van der Waals surface area contributed by atoms with Gasteiger partial charge in [0.25, 0.3) is 0 Å². The Hall–Kier alpha value is -2.18. The molecule has 0 fully saturated rings. The number of hydrogen-bond acceptors (Lipinski definition) is 4. The number of carbonyl (C=O) groups excluding carboxylic acids is 1. The lowest BCUT2D eigenvalue weighted by Crippen LogP contribution is -2.37. The lowest BCUT2D eigenvalue weighted by atomic mass is 10.0. The van der Waals surface area contributed by atoms with Gasteiger partial charge in [-0.2, -0.15) is 0 Å². The summed E-state index contributed by atoms with van der Waals surface area (Å²) in [5.41, 5.74) is 2.66. The summed E-state index contributed by atoms with van der Waals surface area (Å²) in [7, 11) is -3.29. The van der Waals surface area contributed by atoms with Gasteiger partial charge in [-0.1, -0.05) is 36.4 Å². The summed E-state index contributed by atoms with van der Waals surface area (Å²) >= 11 is 0. The lowest BCUT2D eigenvalue weighted by molar-refractivity contribution is 0.112. The van der Waals surface area contributed by atoms with Crippen molar-refractivity contribution in [2.45, 2.75) is 32.1 Å². The average molecular weight is 361 g/mol. The summed E-state index contributed by atoms with van der Waals surface area (Å²) in [6, 6.07) is 14.9. The molecule has 0 saturated carbocycles. The minimum absolute atomic E-state index is 0.218. The van der Waals surface area contributed by atoms with Crippen LogP contribution in [0.25, 0.3) is 11.1 Å². The van der Waals surface area contributed by atoms with Gasteiger partial charge in [0.05, 0.1) is 5.25 Å². The van der Waals surface area contributed by atoms with E-state index in [-0.39, 0.29) is 12.6 Å². The van der Waals surface area contributed by atoms with Gasteiger partial charge in [0.2, 0.25) is 10.0 Å². The second kappa shape index (κ2) is 8.27. The molecule has 134 valence electrons. The molecule has 25 heavy (non-hydrogen) atoms. The SMILES string of the molecule is CC(CNS(=O)(=O)C(C)C)Oc1ccc(-c2ccc(C=O)cc2)cc1. The predicted molar refractivity (Wildman–Crippen MR) is 99.4 cm³/mol. The number of sulfonamides is 1. The van der Waals surface area contributed by atoms with Crippen LogP contribution in [-0.4, -0.2) is 32.6 Å². The third-order valence-electron chi connectivity index (χ3n) is 3.76. The summed E-state index contributed by atoms with van der Waals surface area (Å²) < 4.78 is 31.8. The van der Waals surface area contributed by atoms with Crippen molar-refractivity contribution < 1.29 is 17.9 Å². The largest absolute Gasteiger partial charge is 0.489 e. The average Bonchev–Trinajstić information content (AvgIpc) is 2.61. The molecule has 0 aliphatic rings. The Balaban J connectivity index is 1.96. The maximum atomic E-state index is 11.7. The molecular formula is C19H23NO4S. The van der Waals surface area contributed by atoms with Crippen molar-refractivity contribution in [3.05, 3.63) is 54.1 Å². The fraction of sp³-hybridized carbons (Fsp3) is 0.316. The first-order valence-corrected chi connectivity index (χ1v) is 9.67. The molecule has 0 aromatic heterocycles. The Bertz CT molecular complexity index is 796. The smallest absolute Gasteiger partial charge is 0.214 e. The molecule has 0 amide bonds. The fourth-order valence-corrected chi connectivity index (χ4v) is 2.95. The van der Waals surface area contributed by atoms with Crippen molar-refractivity contribution in [1.29, 1.82) is 0 Å². The second-order valence-electron chi connectivity index (χ2n) is 6.13. The molecule has 5 nitrogen and oxygen atoms in total. The molecular weight excluding hydrogens is 338 g/mol. The van der Waals surface area contributed by atoms with Crippen LogP contribution in [0.5, 0.6) is 5.75 Å². The maximum absolute atomic E-state index is 11.7. The molecule has 1 N–H and O–H groups in total. The van der Waals surface area contributed by atoms with Gasteiger partial charge in [-0.15, -0.1) is 0 Å². The standard InChI is InChI=1S/C19H23NO4S/c1-14(2)25(22,23)20-12-15(3)24-19-10-8-18(9-11-19)17-6-4-16(13-21)5-7-17/h4-11,13-15,20H,12H2,1-3H3. The summed E-state index contributed by atoms with van der Waals surface area (Å²) in [5, 5.41) is -0.468. The first-order valence-electron chi connectivity index (χ1n) is 8.12. The maximum Gasteiger partial charge on any atom is 0.214 e. The van der Waals surface area contributed by atoms with Gasteiger partial charge >= 0.3 is 0 Å². The molecule has 2 aromatic rings. The van der Waals surface area contributed by atoms with E-state index in [1.165, 1.54) is 0 Å². The van der Waals surface area contributed by atoms with Crippen LogP contribution in [0.2, 0.25) is 0 Å². The number of hydrogen-bond donors (Lipinski definition) is 1. The molecule has 1 unspecified atom stereocenters. The normalized spacial score (nSPS) is 12.8. The molecule has 0 radical (unpaired) electrons. The second-order valence-corrected chi connectivity index (χ2v) is 8.46. The highest BCUT2D eigenvalue weighted by Crippen LogP contribution is 2.23. The lowest BCUT2D eigenvalue weighted by Gasteiger charge is -2.17. The molecule has 0 saturated heterocycles. The number of rotatable bonds is 8. The number of nitrogens with one attached hydrogen (secondary N) is 1. The van der Waals surface area contributed by atoms with Gasteiger partial charge in [0, 0.05) is 12.1 Å². The van der Waals surface area contributed by atoms with Gasteiger partial charge in [-0.3, -0.25) is 4.79 Å². The van der Waals surface area contributed by atoms with E-state index in [4.69, 9.17) is 4.74 Å². The van der Waals surface area contributed by atoms with Gasteiger partial charge in [-0.05, 0) is 44.0 Å². The minimum Gasteiger partial charge on any atom is -0.489 e. The zero-order chi connectivity index (χ0) is 18.4. The number of aldehydes is 1. The molecule has 0 spiro atoms. The quantitative estimate of drug-likeness (QED) is 0.733. The number of benzene rings is 2. The summed E-state index contributed by atoms with van der Waals surface area (Å²) in [4.78, 5) is 10.7. The Morgan fingerprint density at radius 1 is 0.960 bits per heavy atom. The minimum atomic E-state index is -3.29. The molecule has 0 heterocycles. The van der Waals surface area contributed by atoms with Crippen molar-refractivity contribution in [3.8, 4) is 16.9 Å². The van der Waals surface area contributed by atoms with E-state index in [1.54, 1.807) is 26.0 Å². The van der Waals surface area contributed by atoms with Crippen LogP contribution in [0, 0.1) is 0 Å². The first kappa shape index (κ1) is 19.1. The molecule has 2 rings (SSSR count). The van der Waals surface area contributed by atoms with Crippen LogP contribution >= 0.6 is 0 Å². The zero-order valence-electron chi connectivity index (χ0n) is 14.6. The van der Waals surface area contributed by atoms with Crippen molar-refractivity contribution in [2.75, 3.05) is 6.54 Å². The molecule has 0 aliphatic heterocycles. The van der Waals surface area contributed by atoms with Gasteiger partial charge in [0.1, 0.15) is 18.1 Å². The molecule has 6 heteroatoms. The van der Waals surface area contributed by atoms with Crippen LogP contribution in [0.15, 0.2) is 48.5 Å². The Kier molecular flexibility index (Phi) is 6.33. The third kappa shape index (κ3) is 5.41. The zero-order valence-corrected chi connectivity index (χ0v) is 15.4. The van der Waals surface area contributed by atoms with Gasteiger partial charge in [0.15, 0.2) is 0 Å². The van der Waals surface area contributed by atoms with Crippen LogP contribution < -0.4 is 9.46 Å². The Morgan fingerprint density at radius 2 is 1.48 bits per heavy atom. The van der Waals surface area contributed by atoms with E-state index in [2.05, 4.69) is 4.72 Å². The van der Waals surface area contributed by atoms with Crippen LogP contribution in [0.3, 0.4) is 0 Å². The predicted octanol–water partition coefficient (Wildman–Crippen LogP) is 3.26. The highest BCUT2D eigenvalue weighted by Gasteiger charge is 2.16. The van der Waals surface area contributed by atoms with E-state index in [0.717, 1.165) is 17.4 Å².